The van der Waals surface area contributed by atoms with Crippen molar-refractivity contribution in [3.63, 3.8) is 0 Å². The summed E-state index contributed by atoms with van der Waals surface area (Å²) in [5.41, 5.74) is 5.76. The third kappa shape index (κ3) is 3.97. The molecule has 0 atom stereocenters. The number of aromatic nitrogens is 1. The van der Waals surface area contributed by atoms with E-state index in [1.807, 2.05) is 0 Å². The highest BCUT2D eigenvalue weighted by atomic mass is 19.4. The summed E-state index contributed by atoms with van der Waals surface area (Å²) in [4.78, 5) is 3.68. The van der Waals surface area contributed by atoms with Gasteiger partial charge in [0.1, 0.15) is 0 Å². The third-order valence-electron chi connectivity index (χ3n) is 1.39. The van der Waals surface area contributed by atoms with Crippen molar-refractivity contribution in [1.82, 2.24) is 4.98 Å². The van der Waals surface area contributed by atoms with Crippen LogP contribution in [0.4, 0.5) is 18.9 Å². The fourth-order valence-corrected chi connectivity index (χ4v) is 0.748. The number of rotatable bonds is 3. The molecule has 0 fully saturated rings. The van der Waals surface area contributed by atoms with Gasteiger partial charge in [-0.1, -0.05) is 0 Å². The van der Waals surface area contributed by atoms with Crippen LogP contribution in [0.2, 0.25) is 0 Å². The molecule has 0 aliphatic rings. The Morgan fingerprint density at radius 3 is 2.57 bits per heavy atom. The molecule has 0 aliphatic heterocycles. The Hall–Kier alpha value is -1.46. The molecular formula is C8H9F3N2O. The van der Waals surface area contributed by atoms with E-state index < -0.39 is 19.2 Å². The second kappa shape index (κ2) is 4.17. The van der Waals surface area contributed by atoms with Gasteiger partial charge in [-0.3, -0.25) is 0 Å². The predicted octanol–water partition coefficient (Wildman–Crippen LogP) is 2.00. The Bertz CT molecular complexity index is 284. The van der Waals surface area contributed by atoms with Crippen LogP contribution in [0.5, 0.6) is 5.88 Å². The maximum Gasteiger partial charge on any atom is 0.392 e. The van der Waals surface area contributed by atoms with Crippen molar-refractivity contribution in [1.29, 1.82) is 0 Å². The van der Waals surface area contributed by atoms with Crippen LogP contribution >= 0.6 is 0 Å². The maximum atomic E-state index is 11.7. The van der Waals surface area contributed by atoms with Crippen LogP contribution < -0.4 is 10.5 Å². The lowest BCUT2D eigenvalue weighted by molar-refractivity contribution is -0.139. The minimum Gasteiger partial charge on any atom is -0.477 e. The highest BCUT2D eigenvalue weighted by Gasteiger charge is 2.26. The average Bonchev–Trinajstić information content (AvgIpc) is 2.06. The summed E-state index contributed by atoms with van der Waals surface area (Å²) >= 11 is 0. The van der Waals surface area contributed by atoms with Crippen molar-refractivity contribution in [2.24, 2.45) is 0 Å². The molecule has 1 aromatic rings. The van der Waals surface area contributed by atoms with E-state index >= 15 is 0 Å². The lowest BCUT2D eigenvalue weighted by Gasteiger charge is -2.07. The first-order chi connectivity index (χ1) is 6.47. The molecule has 6 heteroatoms. The quantitative estimate of drug-likeness (QED) is 0.822. The number of hydrogen-bond acceptors (Lipinski definition) is 3. The number of nitrogens with two attached hydrogens (primary N) is 1. The van der Waals surface area contributed by atoms with Crippen LogP contribution in [0, 0.1) is 0 Å². The Kier molecular flexibility index (Phi) is 3.16. The van der Waals surface area contributed by atoms with Gasteiger partial charge in [-0.15, -0.1) is 0 Å². The Morgan fingerprint density at radius 1 is 1.36 bits per heavy atom. The van der Waals surface area contributed by atoms with Gasteiger partial charge in [0.15, 0.2) is 0 Å². The lowest BCUT2D eigenvalue weighted by Crippen LogP contribution is -2.13. The standard InChI is InChI=1S/C8H9F3N2O/c9-8(10,11)3-4-14-7-2-1-6(12)5-13-7/h1-2,5H,3-4,12H2. The first-order valence-corrected chi connectivity index (χ1v) is 3.88. The molecule has 0 saturated carbocycles. The molecular weight excluding hydrogens is 197 g/mol. The van der Waals surface area contributed by atoms with Crippen molar-refractivity contribution in [3.8, 4) is 5.88 Å². The second-order valence-electron chi connectivity index (χ2n) is 2.64. The minimum absolute atomic E-state index is 0.142. The molecule has 0 spiro atoms. The predicted molar refractivity (Wildman–Crippen MR) is 44.8 cm³/mol. The van der Waals surface area contributed by atoms with Crippen LogP contribution in [0.15, 0.2) is 18.3 Å². The van der Waals surface area contributed by atoms with Gasteiger partial charge in [0, 0.05) is 6.07 Å². The van der Waals surface area contributed by atoms with Gasteiger partial charge >= 0.3 is 6.18 Å². The van der Waals surface area contributed by atoms with Gasteiger partial charge < -0.3 is 10.5 Å². The summed E-state index contributed by atoms with van der Waals surface area (Å²) in [6.45, 7) is -0.430. The number of alkyl halides is 3. The van der Waals surface area contributed by atoms with Crippen molar-refractivity contribution >= 4 is 5.69 Å². The van der Waals surface area contributed by atoms with Gasteiger partial charge in [-0.05, 0) is 6.07 Å². The molecule has 14 heavy (non-hydrogen) atoms. The van der Waals surface area contributed by atoms with Crippen molar-refractivity contribution in [3.05, 3.63) is 18.3 Å². The molecule has 78 valence electrons. The molecule has 0 amide bonds. The molecule has 1 aromatic heterocycles. The molecule has 1 heterocycles. The molecule has 0 unspecified atom stereocenters. The summed E-state index contributed by atoms with van der Waals surface area (Å²) in [5, 5.41) is 0. The highest BCUT2D eigenvalue weighted by molar-refractivity contribution is 5.35. The van der Waals surface area contributed by atoms with Gasteiger partial charge in [0.05, 0.1) is 24.9 Å². The summed E-state index contributed by atoms with van der Waals surface area (Å²) < 4.78 is 39.9. The fraction of sp³-hybridized carbons (Fsp3) is 0.375. The number of anilines is 1. The molecule has 1 rings (SSSR count). The van der Waals surface area contributed by atoms with Gasteiger partial charge in [0.2, 0.25) is 5.88 Å². The zero-order valence-electron chi connectivity index (χ0n) is 7.21. The van der Waals surface area contributed by atoms with Crippen LogP contribution in [0.3, 0.4) is 0 Å². The Morgan fingerprint density at radius 2 is 2.07 bits per heavy atom. The first kappa shape index (κ1) is 10.6. The van der Waals surface area contributed by atoms with E-state index in [4.69, 9.17) is 10.5 Å². The van der Waals surface area contributed by atoms with E-state index in [2.05, 4.69) is 4.98 Å². The average molecular weight is 206 g/mol. The third-order valence-corrected chi connectivity index (χ3v) is 1.39. The summed E-state index contributed by atoms with van der Waals surface area (Å²) in [5.74, 6) is 0.142. The normalized spacial score (nSPS) is 11.4. The second-order valence-corrected chi connectivity index (χ2v) is 2.64. The van der Waals surface area contributed by atoms with Crippen molar-refractivity contribution in [2.45, 2.75) is 12.6 Å². The lowest BCUT2D eigenvalue weighted by atomic mass is 10.4. The molecule has 3 nitrogen and oxygen atoms in total. The van der Waals surface area contributed by atoms with E-state index in [9.17, 15) is 13.2 Å². The Balaban J connectivity index is 2.35. The van der Waals surface area contributed by atoms with Gasteiger partial charge in [0.25, 0.3) is 0 Å². The summed E-state index contributed by atoms with van der Waals surface area (Å²) in [7, 11) is 0. The zero-order valence-corrected chi connectivity index (χ0v) is 7.21. The number of halogens is 3. The smallest absolute Gasteiger partial charge is 0.392 e. The zero-order chi connectivity index (χ0) is 10.6. The van der Waals surface area contributed by atoms with E-state index in [0.29, 0.717) is 5.69 Å². The van der Waals surface area contributed by atoms with E-state index in [1.165, 1.54) is 18.3 Å². The maximum absolute atomic E-state index is 11.7. The number of ether oxygens (including phenoxy) is 1. The Labute approximate surface area is 78.7 Å². The highest BCUT2D eigenvalue weighted by Crippen LogP contribution is 2.19. The van der Waals surface area contributed by atoms with Crippen molar-refractivity contribution < 1.29 is 17.9 Å². The van der Waals surface area contributed by atoms with E-state index in [-0.39, 0.29) is 5.88 Å². The monoisotopic (exact) mass is 206 g/mol. The topological polar surface area (TPSA) is 48.1 Å². The minimum atomic E-state index is -4.20. The van der Waals surface area contributed by atoms with Gasteiger partial charge in [-0.2, -0.15) is 13.2 Å². The van der Waals surface area contributed by atoms with Crippen LogP contribution in [-0.2, 0) is 0 Å². The molecule has 2 N–H and O–H groups in total. The SMILES string of the molecule is Nc1ccc(OCCC(F)(F)F)nc1. The van der Waals surface area contributed by atoms with Crippen LogP contribution in [-0.4, -0.2) is 17.8 Å². The number of nitrogens with zero attached hydrogens (tertiary/aromatic N) is 1. The number of hydrogen-bond donors (Lipinski definition) is 1. The first-order valence-electron chi connectivity index (χ1n) is 3.88. The summed E-state index contributed by atoms with van der Waals surface area (Å²) in [6, 6.07) is 2.93. The molecule has 0 saturated heterocycles. The number of pyridine rings is 1. The van der Waals surface area contributed by atoms with Crippen molar-refractivity contribution in [2.75, 3.05) is 12.3 Å². The molecule has 0 aromatic carbocycles. The largest absolute Gasteiger partial charge is 0.477 e. The van der Waals surface area contributed by atoms with Gasteiger partial charge in [-0.25, -0.2) is 4.98 Å². The molecule has 0 aliphatic carbocycles. The van der Waals surface area contributed by atoms with E-state index in [1.54, 1.807) is 0 Å². The summed E-state index contributed by atoms with van der Waals surface area (Å²) in [6.07, 6.45) is -3.87. The molecule has 0 bridgehead atoms. The van der Waals surface area contributed by atoms with Crippen LogP contribution in [0.25, 0.3) is 0 Å². The van der Waals surface area contributed by atoms with E-state index in [0.717, 1.165) is 0 Å². The van der Waals surface area contributed by atoms with Crippen LogP contribution in [0.1, 0.15) is 6.42 Å². The fourth-order valence-electron chi connectivity index (χ4n) is 0.748. The number of nitrogen functional groups attached to an aromatic ring is 1. The molecule has 0 radical (unpaired) electrons.